The summed E-state index contributed by atoms with van der Waals surface area (Å²) in [4.78, 5) is 23.8. The lowest BCUT2D eigenvalue weighted by atomic mass is 10.1. The topological polar surface area (TPSA) is 98.1 Å². The highest BCUT2D eigenvalue weighted by Crippen LogP contribution is 2.34. The number of alkyl halides is 3. The molecule has 0 spiro atoms. The number of benzene rings is 2. The molecule has 1 aromatic heterocycles. The first kappa shape index (κ1) is 24.7. The number of nitrogens with zero attached hydrogens (tertiary/aromatic N) is 3. The van der Waals surface area contributed by atoms with Gasteiger partial charge in [-0.1, -0.05) is 31.2 Å². The third-order valence-corrected chi connectivity index (χ3v) is 4.61. The summed E-state index contributed by atoms with van der Waals surface area (Å²) >= 11 is 0. The van der Waals surface area contributed by atoms with Crippen molar-refractivity contribution in [1.29, 1.82) is 0 Å². The predicted octanol–water partition coefficient (Wildman–Crippen LogP) is 5.06. The SMILES string of the molecule is CC(C)CC(=O)OCCc1cn(-c2ccc(NC(=O)Nc3ccccc3C(F)(F)F)cc2)nn1. The zero-order valence-electron chi connectivity index (χ0n) is 18.6. The molecule has 0 atom stereocenters. The van der Waals surface area contributed by atoms with Gasteiger partial charge in [0.05, 0.1) is 35.4 Å². The summed E-state index contributed by atoms with van der Waals surface area (Å²) in [5.41, 5.74) is 0.403. The fourth-order valence-electron chi connectivity index (χ4n) is 3.02. The summed E-state index contributed by atoms with van der Waals surface area (Å²) in [5, 5.41) is 12.8. The van der Waals surface area contributed by atoms with Gasteiger partial charge in [-0.2, -0.15) is 13.2 Å². The quantitative estimate of drug-likeness (QED) is 0.444. The van der Waals surface area contributed by atoms with Crippen LogP contribution in [0.15, 0.2) is 54.7 Å². The van der Waals surface area contributed by atoms with E-state index in [2.05, 4.69) is 20.9 Å². The van der Waals surface area contributed by atoms with Crippen molar-refractivity contribution in [3.8, 4) is 5.69 Å². The van der Waals surface area contributed by atoms with Crippen LogP contribution in [0.2, 0.25) is 0 Å². The van der Waals surface area contributed by atoms with Gasteiger partial charge in [-0.05, 0) is 42.3 Å². The first-order valence-corrected chi connectivity index (χ1v) is 10.5. The highest BCUT2D eigenvalue weighted by Gasteiger charge is 2.33. The second kappa shape index (κ2) is 10.8. The van der Waals surface area contributed by atoms with E-state index in [1.165, 1.54) is 22.9 Å². The molecular weight excluding hydrogens is 451 g/mol. The van der Waals surface area contributed by atoms with Crippen LogP contribution < -0.4 is 10.6 Å². The predicted molar refractivity (Wildman–Crippen MR) is 120 cm³/mol. The number of urea groups is 1. The van der Waals surface area contributed by atoms with Crippen LogP contribution in [0.3, 0.4) is 0 Å². The second-order valence-corrected chi connectivity index (χ2v) is 7.89. The fraction of sp³-hybridized carbons (Fsp3) is 0.304. The number of carbonyl (C=O) groups is 2. The molecule has 0 saturated heterocycles. The molecule has 1 heterocycles. The van der Waals surface area contributed by atoms with Gasteiger partial charge in [0.1, 0.15) is 0 Å². The maximum atomic E-state index is 13.1. The Morgan fingerprint density at radius 2 is 1.76 bits per heavy atom. The Hall–Kier alpha value is -3.89. The summed E-state index contributed by atoms with van der Waals surface area (Å²) in [6.07, 6.45) is -2.11. The molecule has 0 aliphatic heterocycles. The van der Waals surface area contributed by atoms with Gasteiger partial charge in [0.25, 0.3) is 0 Å². The lowest BCUT2D eigenvalue weighted by molar-refractivity contribution is -0.144. The molecule has 3 rings (SSSR count). The number of hydrogen-bond donors (Lipinski definition) is 2. The van der Waals surface area contributed by atoms with E-state index in [0.29, 0.717) is 29.9 Å². The van der Waals surface area contributed by atoms with Crippen LogP contribution in [-0.2, 0) is 22.1 Å². The monoisotopic (exact) mass is 475 g/mol. The molecule has 11 heteroatoms. The van der Waals surface area contributed by atoms with Crippen molar-refractivity contribution < 1.29 is 27.5 Å². The lowest BCUT2D eigenvalue weighted by Crippen LogP contribution is -2.21. The first-order chi connectivity index (χ1) is 16.1. The third-order valence-electron chi connectivity index (χ3n) is 4.61. The number of ether oxygens (including phenoxy) is 1. The van der Waals surface area contributed by atoms with E-state index in [1.807, 2.05) is 13.8 Å². The van der Waals surface area contributed by atoms with Crippen molar-refractivity contribution in [2.45, 2.75) is 32.9 Å². The van der Waals surface area contributed by atoms with E-state index < -0.39 is 17.8 Å². The minimum Gasteiger partial charge on any atom is -0.465 e. The van der Waals surface area contributed by atoms with Crippen molar-refractivity contribution in [2.24, 2.45) is 5.92 Å². The van der Waals surface area contributed by atoms with E-state index in [1.54, 1.807) is 30.5 Å². The van der Waals surface area contributed by atoms with Crippen LogP contribution >= 0.6 is 0 Å². The molecule has 3 aromatic rings. The summed E-state index contributed by atoms with van der Waals surface area (Å²) in [5.74, 6) is -0.0241. The van der Waals surface area contributed by atoms with Gasteiger partial charge in [0, 0.05) is 18.5 Å². The highest BCUT2D eigenvalue weighted by molar-refractivity contribution is 6.00. The standard InChI is InChI=1S/C23H24F3N5O3/c1-15(2)13-21(32)34-12-11-17-14-31(30-29-17)18-9-7-16(8-10-18)27-22(33)28-20-6-4-3-5-19(20)23(24,25)26/h3-10,14-15H,11-13H2,1-2H3,(H2,27,28,33). The molecule has 34 heavy (non-hydrogen) atoms. The number of para-hydroxylation sites is 1. The summed E-state index contributed by atoms with van der Waals surface area (Å²) in [6.45, 7) is 4.08. The van der Waals surface area contributed by atoms with Gasteiger partial charge >= 0.3 is 18.2 Å². The molecule has 0 bridgehead atoms. The van der Waals surface area contributed by atoms with Gasteiger partial charge in [-0.3, -0.25) is 4.79 Å². The molecule has 0 fully saturated rings. The Balaban J connectivity index is 1.55. The average molecular weight is 475 g/mol. The van der Waals surface area contributed by atoms with Crippen LogP contribution in [-0.4, -0.2) is 33.6 Å². The largest absolute Gasteiger partial charge is 0.465 e. The van der Waals surface area contributed by atoms with E-state index >= 15 is 0 Å². The molecule has 0 saturated carbocycles. The number of halogens is 3. The number of nitrogens with one attached hydrogen (secondary N) is 2. The number of anilines is 2. The van der Waals surface area contributed by atoms with Crippen molar-refractivity contribution in [3.05, 3.63) is 66.0 Å². The molecule has 0 aliphatic carbocycles. The molecule has 180 valence electrons. The van der Waals surface area contributed by atoms with Gasteiger partial charge in [0.2, 0.25) is 0 Å². The summed E-state index contributed by atoms with van der Waals surface area (Å²) in [6, 6.07) is 10.4. The Morgan fingerprint density at radius 1 is 1.06 bits per heavy atom. The molecule has 2 amide bonds. The van der Waals surface area contributed by atoms with Crippen molar-refractivity contribution in [2.75, 3.05) is 17.2 Å². The normalized spacial score (nSPS) is 11.4. The zero-order valence-corrected chi connectivity index (χ0v) is 18.6. The molecule has 2 aromatic carbocycles. The summed E-state index contributed by atoms with van der Waals surface area (Å²) < 4.78 is 45.9. The van der Waals surface area contributed by atoms with Crippen LogP contribution in [0, 0.1) is 5.92 Å². The average Bonchev–Trinajstić information content (AvgIpc) is 3.22. The molecule has 0 aliphatic rings. The van der Waals surface area contributed by atoms with Crippen LogP contribution in [0.5, 0.6) is 0 Å². The Labute approximate surface area is 194 Å². The summed E-state index contributed by atoms with van der Waals surface area (Å²) in [7, 11) is 0. The van der Waals surface area contributed by atoms with Crippen molar-refractivity contribution >= 4 is 23.4 Å². The highest BCUT2D eigenvalue weighted by atomic mass is 19.4. The smallest absolute Gasteiger partial charge is 0.418 e. The number of hydrogen-bond acceptors (Lipinski definition) is 5. The van der Waals surface area contributed by atoms with Crippen molar-refractivity contribution in [1.82, 2.24) is 15.0 Å². The van der Waals surface area contributed by atoms with Crippen molar-refractivity contribution in [3.63, 3.8) is 0 Å². The van der Waals surface area contributed by atoms with E-state index in [0.717, 1.165) is 6.07 Å². The molecule has 2 N–H and O–H groups in total. The van der Waals surface area contributed by atoms with E-state index in [9.17, 15) is 22.8 Å². The number of aromatic nitrogens is 3. The minimum atomic E-state index is -4.59. The van der Waals surface area contributed by atoms with Gasteiger partial charge in [0.15, 0.2) is 0 Å². The lowest BCUT2D eigenvalue weighted by Gasteiger charge is -2.14. The zero-order chi connectivity index (χ0) is 24.7. The van der Waals surface area contributed by atoms with Crippen LogP contribution in [0.4, 0.5) is 29.3 Å². The molecule has 0 radical (unpaired) electrons. The van der Waals surface area contributed by atoms with Gasteiger partial charge in [-0.15, -0.1) is 5.10 Å². The number of carbonyl (C=O) groups excluding carboxylic acids is 2. The first-order valence-electron chi connectivity index (χ1n) is 10.5. The Bertz CT molecular complexity index is 1130. The maximum Gasteiger partial charge on any atom is 0.418 e. The van der Waals surface area contributed by atoms with Crippen LogP contribution in [0.1, 0.15) is 31.5 Å². The minimum absolute atomic E-state index is 0.208. The third kappa shape index (κ3) is 7.06. The molecule has 8 nitrogen and oxygen atoms in total. The Morgan fingerprint density at radius 3 is 2.44 bits per heavy atom. The van der Waals surface area contributed by atoms with E-state index in [-0.39, 0.29) is 24.2 Å². The van der Waals surface area contributed by atoms with Gasteiger partial charge < -0.3 is 15.4 Å². The van der Waals surface area contributed by atoms with Gasteiger partial charge in [-0.25, -0.2) is 9.48 Å². The number of amides is 2. The molecule has 0 unspecified atom stereocenters. The molecular formula is C23H24F3N5O3. The number of rotatable bonds is 8. The second-order valence-electron chi connectivity index (χ2n) is 7.89. The maximum absolute atomic E-state index is 13.1. The number of esters is 1. The van der Waals surface area contributed by atoms with E-state index in [4.69, 9.17) is 4.74 Å². The van der Waals surface area contributed by atoms with Crippen LogP contribution in [0.25, 0.3) is 5.69 Å². The Kier molecular flexibility index (Phi) is 7.87. The fourth-order valence-corrected chi connectivity index (χ4v) is 3.02.